The number of aromatic nitrogens is 1. The van der Waals surface area contributed by atoms with E-state index >= 15 is 0 Å². The Hall–Kier alpha value is -1.69. The first-order valence-electron chi connectivity index (χ1n) is 6.95. The van der Waals surface area contributed by atoms with Crippen molar-refractivity contribution in [1.82, 2.24) is 15.4 Å². The number of rotatable bonds is 3. The van der Waals surface area contributed by atoms with Crippen LogP contribution in [0.25, 0.3) is 0 Å². The van der Waals surface area contributed by atoms with Crippen molar-refractivity contribution in [1.29, 1.82) is 0 Å². The minimum atomic E-state index is -0.520. The van der Waals surface area contributed by atoms with E-state index in [1.165, 1.54) is 6.07 Å². The fourth-order valence-corrected chi connectivity index (χ4v) is 2.63. The zero-order valence-electron chi connectivity index (χ0n) is 12.1. The number of anilines is 1. The van der Waals surface area contributed by atoms with Gasteiger partial charge in [0.15, 0.2) is 0 Å². The molecule has 0 aromatic carbocycles. The molecular formula is C14H21FN4O. The van der Waals surface area contributed by atoms with Crippen molar-refractivity contribution in [3.63, 3.8) is 0 Å². The number of nitrogens with one attached hydrogen (secondary N) is 2. The Bertz CT molecular complexity index is 484. The summed E-state index contributed by atoms with van der Waals surface area (Å²) in [4.78, 5) is 16.2. The topological polar surface area (TPSA) is 57.3 Å². The summed E-state index contributed by atoms with van der Waals surface area (Å²) in [6.45, 7) is 4.16. The standard InChI is InChI=1S/C14H21FN4O/c1-9-5-4-6-10(2)19(9)18-14(20)12-7-11(15)8-17-13(12)16-3/h7-10H,4-6H2,1-3H3,(H,16,17)(H,18,20). The molecule has 2 atom stereocenters. The first-order chi connectivity index (χ1) is 9.52. The molecule has 2 heterocycles. The number of hydrazine groups is 1. The third-order valence-electron chi connectivity index (χ3n) is 3.76. The van der Waals surface area contributed by atoms with Crippen molar-refractivity contribution < 1.29 is 9.18 Å². The highest BCUT2D eigenvalue weighted by Gasteiger charge is 2.27. The van der Waals surface area contributed by atoms with Gasteiger partial charge in [0.25, 0.3) is 5.91 Å². The summed E-state index contributed by atoms with van der Waals surface area (Å²) in [6.07, 6.45) is 4.35. The molecule has 1 amide bonds. The van der Waals surface area contributed by atoms with Gasteiger partial charge in [-0.2, -0.15) is 0 Å². The lowest BCUT2D eigenvalue weighted by molar-refractivity contribution is 0.0370. The van der Waals surface area contributed by atoms with E-state index in [0.717, 1.165) is 25.5 Å². The molecule has 2 N–H and O–H groups in total. The van der Waals surface area contributed by atoms with Gasteiger partial charge in [0, 0.05) is 19.1 Å². The second kappa shape index (κ2) is 6.17. The average molecular weight is 280 g/mol. The Morgan fingerprint density at radius 2 is 2.05 bits per heavy atom. The van der Waals surface area contributed by atoms with Crippen LogP contribution >= 0.6 is 0 Å². The van der Waals surface area contributed by atoms with Crippen molar-refractivity contribution in [2.75, 3.05) is 12.4 Å². The molecule has 1 aromatic heterocycles. The van der Waals surface area contributed by atoms with E-state index in [9.17, 15) is 9.18 Å². The monoisotopic (exact) mass is 280 g/mol. The van der Waals surface area contributed by atoms with E-state index in [1.54, 1.807) is 7.05 Å². The maximum atomic E-state index is 13.3. The first kappa shape index (κ1) is 14.7. The summed E-state index contributed by atoms with van der Waals surface area (Å²) in [5.41, 5.74) is 3.10. The maximum absolute atomic E-state index is 13.3. The number of piperidine rings is 1. The van der Waals surface area contributed by atoms with Crippen molar-refractivity contribution in [2.45, 2.75) is 45.2 Å². The third kappa shape index (κ3) is 3.07. The van der Waals surface area contributed by atoms with Crippen LogP contribution in [0.4, 0.5) is 10.2 Å². The predicted octanol–water partition coefficient (Wildman–Crippen LogP) is 2.17. The Morgan fingerprint density at radius 1 is 1.40 bits per heavy atom. The number of pyridine rings is 1. The number of amides is 1. The van der Waals surface area contributed by atoms with E-state index in [2.05, 4.69) is 29.6 Å². The van der Waals surface area contributed by atoms with Crippen LogP contribution in [0, 0.1) is 5.82 Å². The van der Waals surface area contributed by atoms with Crippen LogP contribution in [0.2, 0.25) is 0 Å². The first-order valence-corrected chi connectivity index (χ1v) is 6.95. The quantitative estimate of drug-likeness (QED) is 0.891. The van der Waals surface area contributed by atoms with Crippen molar-refractivity contribution in [3.8, 4) is 0 Å². The molecular weight excluding hydrogens is 259 g/mol. The van der Waals surface area contributed by atoms with E-state index in [4.69, 9.17) is 0 Å². The highest BCUT2D eigenvalue weighted by molar-refractivity contribution is 5.98. The molecule has 6 heteroatoms. The summed E-state index contributed by atoms with van der Waals surface area (Å²) < 4.78 is 13.3. The summed E-state index contributed by atoms with van der Waals surface area (Å²) in [5, 5.41) is 4.76. The summed E-state index contributed by atoms with van der Waals surface area (Å²) >= 11 is 0. The molecule has 0 radical (unpaired) electrons. The molecule has 20 heavy (non-hydrogen) atoms. The summed E-state index contributed by atoms with van der Waals surface area (Å²) in [7, 11) is 1.66. The second-order valence-electron chi connectivity index (χ2n) is 5.28. The van der Waals surface area contributed by atoms with E-state index in [-0.39, 0.29) is 23.6 Å². The molecule has 2 unspecified atom stereocenters. The Morgan fingerprint density at radius 3 is 2.65 bits per heavy atom. The number of carbonyl (C=O) groups excluding carboxylic acids is 1. The van der Waals surface area contributed by atoms with Crippen molar-refractivity contribution >= 4 is 11.7 Å². The van der Waals surface area contributed by atoms with Crippen molar-refractivity contribution in [2.24, 2.45) is 0 Å². The van der Waals surface area contributed by atoms with Crippen LogP contribution in [-0.4, -0.2) is 35.0 Å². The van der Waals surface area contributed by atoms with E-state index in [1.807, 2.05) is 5.01 Å². The highest BCUT2D eigenvalue weighted by atomic mass is 19.1. The fraction of sp³-hybridized carbons (Fsp3) is 0.571. The Kier molecular flexibility index (Phi) is 4.54. The zero-order chi connectivity index (χ0) is 14.7. The highest BCUT2D eigenvalue weighted by Crippen LogP contribution is 2.21. The predicted molar refractivity (Wildman–Crippen MR) is 75.8 cm³/mol. The number of nitrogens with zero attached hydrogens (tertiary/aromatic N) is 2. The molecule has 5 nitrogen and oxygen atoms in total. The van der Waals surface area contributed by atoms with Crippen molar-refractivity contribution in [3.05, 3.63) is 23.6 Å². The van der Waals surface area contributed by atoms with Gasteiger partial charge in [-0.3, -0.25) is 10.2 Å². The number of hydrogen-bond donors (Lipinski definition) is 2. The lowest BCUT2D eigenvalue weighted by Gasteiger charge is -2.38. The van der Waals surface area contributed by atoms with Gasteiger partial charge in [-0.05, 0) is 32.8 Å². The molecule has 1 aliphatic heterocycles. The minimum Gasteiger partial charge on any atom is -0.372 e. The van der Waals surface area contributed by atoms with Gasteiger partial charge in [0.05, 0.1) is 11.8 Å². The largest absolute Gasteiger partial charge is 0.372 e. The summed E-state index contributed by atoms with van der Waals surface area (Å²) in [6, 6.07) is 1.76. The Balaban J connectivity index is 2.17. The van der Waals surface area contributed by atoms with Gasteiger partial charge in [-0.25, -0.2) is 14.4 Å². The molecule has 1 aliphatic rings. The smallest absolute Gasteiger partial charge is 0.269 e. The van der Waals surface area contributed by atoms with Crippen LogP contribution in [0.5, 0.6) is 0 Å². The van der Waals surface area contributed by atoms with Crippen LogP contribution in [-0.2, 0) is 0 Å². The summed E-state index contributed by atoms with van der Waals surface area (Å²) in [5.74, 6) is -0.475. The molecule has 0 aliphatic carbocycles. The van der Waals surface area contributed by atoms with E-state index < -0.39 is 5.82 Å². The third-order valence-corrected chi connectivity index (χ3v) is 3.76. The van der Waals surface area contributed by atoms with Gasteiger partial charge in [0.2, 0.25) is 0 Å². The zero-order valence-corrected chi connectivity index (χ0v) is 12.1. The molecule has 1 fully saturated rings. The molecule has 2 rings (SSSR count). The SMILES string of the molecule is CNc1ncc(F)cc1C(=O)NN1C(C)CCCC1C. The molecule has 1 aromatic rings. The van der Waals surface area contributed by atoms with Gasteiger partial charge >= 0.3 is 0 Å². The van der Waals surface area contributed by atoms with Gasteiger partial charge in [-0.1, -0.05) is 6.42 Å². The maximum Gasteiger partial charge on any atom is 0.269 e. The lowest BCUT2D eigenvalue weighted by atomic mass is 10.00. The normalized spacial score (nSPS) is 23.4. The molecule has 110 valence electrons. The van der Waals surface area contributed by atoms with E-state index in [0.29, 0.717) is 5.82 Å². The molecule has 0 spiro atoms. The van der Waals surface area contributed by atoms with Crippen LogP contribution in [0.15, 0.2) is 12.3 Å². The number of hydrogen-bond acceptors (Lipinski definition) is 4. The average Bonchev–Trinajstić information content (AvgIpc) is 2.43. The van der Waals surface area contributed by atoms with Gasteiger partial charge in [-0.15, -0.1) is 0 Å². The van der Waals surface area contributed by atoms with Crippen LogP contribution in [0.1, 0.15) is 43.5 Å². The molecule has 1 saturated heterocycles. The minimum absolute atomic E-state index is 0.220. The lowest BCUT2D eigenvalue weighted by Crippen LogP contribution is -2.54. The fourth-order valence-electron chi connectivity index (χ4n) is 2.63. The van der Waals surface area contributed by atoms with Gasteiger partial charge < -0.3 is 5.32 Å². The Labute approximate surface area is 118 Å². The number of halogens is 1. The van der Waals surface area contributed by atoms with Crippen LogP contribution in [0.3, 0.4) is 0 Å². The second-order valence-corrected chi connectivity index (χ2v) is 5.28. The van der Waals surface area contributed by atoms with Gasteiger partial charge in [0.1, 0.15) is 11.6 Å². The number of carbonyl (C=O) groups is 1. The molecule has 0 saturated carbocycles. The van der Waals surface area contributed by atoms with Crippen LogP contribution < -0.4 is 10.7 Å². The molecule has 0 bridgehead atoms.